The number of rotatable bonds is 15. The molecule has 6 N–H and O–H groups in total. The molecule has 0 spiro atoms. The molecule has 4 aromatic rings. The number of hydrogen-bond donors (Lipinski definition) is 6. The van der Waals surface area contributed by atoms with Crippen molar-refractivity contribution in [3.63, 3.8) is 0 Å². The summed E-state index contributed by atoms with van der Waals surface area (Å²) in [6.07, 6.45) is 5.45. The Kier molecular flexibility index (Phi) is 11.1. The fraction of sp³-hybridized carbons (Fsp3) is 0.385. The molecule has 1 unspecified atom stereocenters. The van der Waals surface area contributed by atoms with Crippen molar-refractivity contribution in [1.82, 2.24) is 35.7 Å². The second-order valence-corrected chi connectivity index (χ2v) is 15.4. The van der Waals surface area contributed by atoms with Gasteiger partial charge >= 0.3 is 11.9 Å². The normalized spacial score (nSPS) is 21.9. The Balaban J connectivity index is 1.14. The molecule has 3 aliphatic heterocycles. The Hall–Kier alpha value is -6.10. The number of carboxylic acid groups (broad SMARTS) is 2. The van der Waals surface area contributed by atoms with E-state index in [2.05, 4.69) is 25.9 Å². The minimum Gasteiger partial charge on any atom is -0.480 e. The lowest BCUT2D eigenvalue weighted by Gasteiger charge is -2.55. The number of amides is 5. The summed E-state index contributed by atoms with van der Waals surface area (Å²) in [5.74, 6) is -6.79. The molecule has 1 aliphatic carbocycles. The number of benzene rings is 2. The summed E-state index contributed by atoms with van der Waals surface area (Å²) >= 11 is 1.44. The van der Waals surface area contributed by atoms with Crippen molar-refractivity contribution in [2.45, 2.75) is 81.2 Å². The summed E-state index contributed by atoms with van der Waals surface area (Å²) < 4.78 is 0.930. The molecule has 4 aliphatic rings. The monoisotopic (exact) mass is 783 g/mol. The molecule has 8 rings (SSSR count). The minimum atomic E-state index is -1.90. The van der Waals surface area contributed by atoms with Gasteiger partial charge in [-0.1, -0.05) is 48.5 Å². The van der Waals surface area contributed by atoms with Crippen LogP contribution in [0, 0.1) is 5.92 Å². The highest BCUT2D eigenvalue weighted by molar-refractivity contribution is 7.17. The maximum atomic E-state index is 14.3. The van der Waals surface area contributed by atoms with Crippen LogP contribution in [0.1, 0.15) is 42.5 Å². The molecule has 4 fully saturated rings. The van der Waals surface area contributed by atoms with Gasteiger partial charge in [0, 0.05) is 41.9 Å². The largest absolute Gasteiger partial charge is 0.480 e. The molecule has 292 valence electrons. The van der Waals surface area contributed by atoms with Gasteiger partial charge in [0.15, 0.2) is 0 Å². The zero-order valence-electron chi connectivity index (χ0n) is 30.1. The third-order valence-electron chi connectivity index (χ3n) is 10.9. The number of fused-ring (bicyclic) bond motifs is 3. The quantitative estimate of drug-likeness (QED) is 0.0946. The minimum absolute atomic E-state index is 0.0262. The summed E-state index contributed by atoms with van der Waals surface area (Å²) in [5.41, 5.74) is 1.84. The zero-order chi connectivity index (χ0) is 39.5. The van der Waals surface area contributed by atoms with Gasteiger partial charge in [-0.3, -0.25) is 24.0 Å². The first-order valence-corrected chi connectivity index (χ1v) is 19.3. The number of aromatic amines is 1. The zero-order valence-corrected chi connectivity index (χ0v) is 30.9. The van der Waals surface area contributed by atoms with E-state index >= 15 is 0 Å². The summed E-state index contributed by atoms with van der Waals surface area (Å²) in [5, 5.41) is 30.7. The van der Waals surface area contributed by atoms with Crippen molar-refractivity contribution in [3.05, 3.63) is 89.3 Å². The molecule has 0 radical (unpaired) electrons. The summed E-state index contributed by atoms with van der Waals surface area (Å²) in [6.45, 7) is -0.792. The number of piperazine rings is 1. The van der Waals surface area contributed by atoms with E-state index in [1.54, 1.807) is 30.3 Å². The maximum absolute atomic E-state index is 14.3. The van der Waals surface area contributed by atoms with E-state index in [1.165, 1.54) is 28.8 Å². The van der Waals surface area contributed by atoms with Crippen molar-refractivity contribution < 1.29 is 43.8 Å². The van der Waals surface area contributed by atoms with Crippen LogP contribution in [0.5, 0.6) is 0 Å². The van der Waals surface area contributed by atoms with Gasteiger partial charge in [-0.15, -0.1) is 11.3 Å². The van der Waals surface area contributed by atoms with Crippen molar-refractivity contribution in [2.24, 2.45) is 5.92 Å². The lowest BCUT2D eigenvalue weighted by atomic mass is 9.72. The Morgan fingerprint density at radius 2 is 1.50 bits per heavy atom. The fourth-order valence-corrected chi connectivity index (χ4v) is 9.18. The maximum Gasteiger partial charge on any atom is 0.336 e. The van der Waals surface area contributed by atoms with Crippen LogP contribution in [0.25, 0.3) is 10.1 Å². The van der Waals surface area contributed by atoms with Gasteiger partial charge in [0.05, 0.1) is 6.33 Å². The van der Waals surface area contributed by atoms with Gasteiger partial charge in [-0.05, 0) is 59.6 Å². The van der Waals surface area contributed by atoms with Crippen LogP contribution in [0.3, 0.4) is 0 Å². The first kappa shape index (κ1) is 38.2. The number of thiophene rings is 1. The number of nitrogens with zero attached hydrogens (tertiary/aromatic N) is 3. The van der Waals surface area contributed by atoms with Gasteiger partial charge in [-0.25, -0.2) is 14.6 Å². The second-order valence-electron chi connectivity index (χ2n) is 14.5. The van der Waals surface area contributed by atoms with E-state index in [0.29, 0.717) is 42.5 Å². The highest BCUT2D eigenvalue weighted by Gasteiger charge is 2.57. The Morgan fingerprint density at radius 3 is 2.18 bits per heavy atom. The Labute approximate surface area is 324 Å². The molecule has 2 aromatic heterocycles. The number of carbonyl (C=O) groups excluding carboxylic acids is 5. The topological polar surface area (TPSA) is 231 Å². The van der Waals surface area contributed by atoms with Crippen molar-refractivity contribution in [1.29, 1.82) is 0 Å². The lowest BCUT2D eigenvalue weighted by Crippen LogP contribution is -2.74. The van der Waals surface area contributed by atoms with Gasteiger partial charge in [0.2, 0.25) is 29.7 Å². The molecular weight excluding hydrogens is 743 g/mol. The van der Waals surface area contributed by atoms with Crippen LogP contribution in [0.2, 0.25) is 0 Å². The summed E-state index contributed by atoms with van der Waals surface area (Å²) in [4.78, 5) is 103. The number of imidazole rings is 1. The van der Waals surface area contributed by atoms with Crippen LogP contribution >= 0.6 is 11.3 Å². The van der Waals surface area contributed by atoms with Crippen molar-refractivity contribution >= 4 is 62.9 Å². The number of piperidine rings is 2. The van der Waals surface area contributed by atoms with E-state index in [9.17, 15) is 43.8 Å². The number of H-pyrrole nitrogens is 1. The number of aromatic nitrogens is 2. The average molecular weight is 784 g/mol. The van der Waals surface area contributed by atoms with Crippen LogP contribution in [0.15, 0.2) is 72.5 Å². The predicted octanol–water partition coefficient (Wildman–Crippen LogP) is 1.26. The van der Waals surface area contributed by atoms with E-state index in [0.717, 1.165) is 15.0 Å². The molecule has 3 saturated heterocycles. The lowest BCUT2D eigenvalue weighted by molar-refractivity contribution is -0.181. The predicted molar refractivity (Wildman–Crippen MR) is 201 cm³/mol. The van der Waals surface area contributed by atoms with E-state index in [4.69, 9.17) is 0 Å². The molecular formula is C39H41N7O9S. The smallest absolute Gasteiger partial charge is 0.336 e. The molecule has 17 heteroatoms. The van der Waals surface area contributed by atoms with Crippen LogP contribution < -0.4 is 16.0 Å². The molecule has 5 atom stereocenters. The van der Waals surface area contributed by atoms with E-state index in [1.807, 2.05) is 29.6 Å². The standard InChI is InChI=1S/C39H41N7O9S/c47-31(18-45-33(39(54)55)37(51)46-25-12-10-22(11-13-25)32(46)36(45)50)42-28(15-23-19-56-30-9-5-4-8-26(23)30)35(49)43-27(14-21-6-2-1-3-7-21)34(48)44-29(38(52)53)16-24-17-40-20-41-24/h1-9,17,19-20,22,25,27-29,32-33H,10-16,18H2,(H,40,41)(H,42,47)(H,43,49)(H,44,48)(H,52,53)(H,54,55)/t22?,25?,27-,28+,29+,32?,33+/m1/s1. The van der Waals surface area contributed by atoms with Crippen LogP contribution in [-0.4, -0.2) is 114 Å². The van der Waals surface area contributed by atoms with Gasteiger partial charge < -0.3 is 40.9 Å². The van der Waals surface area contributed by atoms with Crippen molar-refractivity contribution in [2.75, 3.05) is 6.54 Å². The first-order valence-electron chi connectivity index (χ1n) is 18.4. The van der Waals surface area contributed by atoms with Gasteiger partial charge in [-0.2, -0.15) is 0 Å². The number of hydrogen-bond acceptors (Lipinski definition) is 9. The number of nitrogens with one attached hydrogen (secondary N) is 4. The Morgan fingerprint density at radius 1 is 0.821 bits per heavy atom. The molecule has 5 heterocycles. The molecule has 2 aromatic carbocycles. The highest BCUT2D eigenvalue weighted by atomic mass is 32.1. The molecule has 2 bridgehead atoms. The second kappa shape index (κ2) is 16.3. The summed E-state index contributed by atoms with van der Waals surface area (Å²) in [7, 11) is 0. The van der Waals surface area contributed by atoms with E-state index in [-0.39, 0.29) is 31.2 Å². The number of carbonyl (C=O) groups is 7. The van der Waals surface area contributed by atoms with Gasteiger partial charge in [0.1, 0.15) is 30.7 Å². The Bertz CT molecular complexity index is 2130. The SMILES string of the molecule is O=C(CN1C(=O)C2C3CCC(CC3)N2C(=O)[C@H]1C(=O)O)N[C@@H](Cc1csc2ccccc12)C(=O)N[C@H](Cc1ccccc1)C(=O)N[C@@H](Cc1cnc[nH]1)C(=O)O. The number of aliphatic carboxylic acids is 2. The third-order valence-corrected chi connectivity index (χ3v) is 11.9. The third kappa shape index (κ3) is 7.98. The van der Waals surface area contributed by atoms with Crippen LogP contribution in [-0.2, 0) is 52.8 Å². The number of carboxylic acids is 2. The summed E-state index contributed by atoms with van der Waals surface area (Å²) in [6, 6.07) is 9.28. The van der Waals surface area contributed by atoms with Crippen molar-refractivity contribution in [3.8, 4) is 0 Å². The highest BCUT2D eigenvalue weighted by Crippen LogP contribution is 2.43. The van der Waals surface area contributed by atoms with E-state index < -0.39 is 78.2 Å². The van der Waals surface area contributed by atoms with Crippen LogP contribution in [0.4, 0.5) is 0 Å². The fourth-order valence-electron chi connectivity index (χ4n) is 8.20. The molecule has 1 saturated carbocycles. The average Bonchev–Trinajstić information content (AvgIpc) is 3.86. The first-order chi connectivity index (χ1) is 27.0. The molecule has 16 nitrogen and oxygen atoms in total. The molecule has 56 heavy (non-hydrogen) atoms. The van der Waals surface area contributed by atoms with Gasteiger partial charge in [0.25, 0.3) is 5.91 Å². The molecule has 5 amide bonds.